The maximum atomic E-state index is 6.44. The highest BCUT2D eigenvalue weighted by molar-refractivity contribution is 7.14. The van der Waals surface area contributed by atoms with E-state index in [1.54, 1.807) is 6.21 Å². The van der Waals surface area contributed by atoms with Crippen molar-refractivity contribution in [2.45, 2.75) is 12.8 Å². The molecule has 0 radical (unpaired) electrons. The molecule has 0 saturated carbocycles. The molecule has 2 heterocycles. The summed E-state index contributed by atoms with van der Waals surface area (Å²) in [5.74, 6) is 0. The molecule has 0 atom stereocenters. The molecule has 1 saturated heterocycles. The summed E-state index contributed by atoms with van der Waals surface area (Å²) < 4.78 is 0. The lowest BCUT2D eigenvalue weighted by Crippen LogP contribution is -2.17. The Hall–Kier alpha value is -2.37. The van der Waals surface area contributed by atoms with Crippen molar-refractivity contribution in [3.05, 3.63) is 64.5 Å². The van der Waals surface area contributed by atoms with Gasteiger partial charge in [0.1, 0.15) is 0 Å². The largest absolute Gasteiger partial charge is 0.370 e. The van der Waals surface area contributed by atoms with Crippen molar-refractivity contribution >= 4 is 40.0 Å². The van der Waals surface area contributed by atoms with Crippen molar-refractivity contribution in [3.63, 3.8) is 0 Å². The first-order chi connectivity index (χ1) is 12.8. The van der Waals surface area contributed by atoms with E-state index in [4.69, 9.17) is 11.6 Å². The number of anilines is 2. The van der Waals surface area contributed by atoms with Crippen LogP contribution in [0.1, 0.15) is 18.4 Å². The highest BCUT2D eigenvalue weighted by Gasteiger charge is 2.14. The molecule has 1 fully saturated rings. The minimum Gasteiger partial charge on any atom is -0.370 e. The highest BCUT2D eigenvalue weighted by atomic mass is 35.5. The molecule has 1 aromatic heterocycles. The van der Waals surface area contributed by atoms with Gasteiger partial charge < -0.3 is 4.90 Å². The summed E-state index contributed by atoms with van der Waals surface area (Å²) in [6.07, 6.45) is 4.24. The zero-order chi connectivity index (χ0) is 17.8. The van der Waals surface area contributed by atoms with Gasteiger partial charge in [0, 0.05) is 24.0 Å². The van der Waals surface area contributed by atoms with Crippen LogP contribution in [-0.2, 0) is 0 Å². The Morgan fingerprint density at radius 3 is 2.69 bits per heavy atom. The molecule has 0 bridgehead atoms. The molecule has 132 valence electrons. The Kier molecular flexibility index (Phi) is 5.18. The number of halogens is 1. The zero-order valence-electron chi connectivity index (χ0n) is 14.2. The summed E-state index contributed by atoms with van der Waals surface area (Å²) >= 11 is 7.98. The highest BCUT2D eigenvalue weighted by Crippen LogP contribution is 2.29. The number of thiazole rings is 1. The van der Waals surface area contributed by atoms with Crippen molar-refractivity contribution < 1.29 is 0 Å². The third-order valence-electron chi connectivity index (χ3n) is 4.37. The van der Waals surface area contributed by atoms with Crippen molar-refractivity contribution in [3.8, 4) is 11.3 Å². The lowest BCUT2D eigenvalue weighted by Gasteiger charge is -2.19. The van der Waals surface area contributed by atoms with Gasteiger partial charge in [-0.25, -0.2) is 4.98 Å². The molecule has 6 heteroatoms. The molecule has 2 aromatic carbocycles. The summed E-state index contributed by atoms with van der Waals surface area (Å²) in [4.78, 5) is 6.89. The third-order valence-corrected chi connectivity index (χ3v) is 5.42. The molecule has 3 aromatic rings. The molecule has 4 rings (SSSR count). The summed E-state index contributed by atoms with van der Waals surface area (Å²) in [5.41, 5.74) is 7.12. The number of rotatable bonds is 5. The summed E-state index contributed by atoms with van der Waals surface area (Å²) in [6.45, 7) is 2.17. The van der Waals surface area contributed by atoms with E-state index in [2.05, 4.69) is 26.5 Å². The molecule has 0 unspecified atom stereocenters. The van der Waals surface area contributed by atoms with Crippen LogP contribution in [0.4, 0.5) is 10.8 Å². The van der Waals surface area contributed by atoms with E-state index in [1.807, 2.05) is 47.8 Å². The number of nitrogens with zero attached hydrogens (tertiary/aromatic N) is 3. The minimum absolute atomic E-state index is 0.764. The Balaban J connectivity index is 1.41. The van der Waals surface area contributed by atoms with Gasteiger partial charge in [-0.2, -0.15) is 5.10 Å². The molecule has 26 heavy (non-hydrogen) atoms. The van der Waals surface area contributed by atoms with E-state index >= 15 is 0 Å². The van der Waals surface area contributed by atoms with Gasteiger partial charge in [-0.15, -0.1) is 11.3 Å². The second-order valence-electron chi connectivity index (χ2n) is 6.18. The average molecular weight is 383 g/mol. The van der Waals surface area contributed by atoms with Crippen LogP contribution in [0, 0.1) is 0 Å². The minimum atomic E-state index is 0.764. The fourth-order valence-electron chi connectivity index (χ4n) is 3.05. The molecule has 0 spiro atoms. The number of nitrogens with one attached hydrogen (secondary N) is 1. The van der Waals surface area contributed by atoms with Crippen molar-refractivity contribution in [1.82, 2.24) is 4.98 Å². The van der Waals surface area contributed by atoms with Gasteiger partial charge in [0.2, 0.25) is 5.13 Å². The standard InChI is InChI=1S/C20H19ClN4S/c21-17-12-15(8-9-19(17)25-10-4-5-11-25)13-22-24-20-23-18(14-26-20)16-6-2-1-3-7-16/h1-3,6-9,12-14H,4-5,10-11H2,(H,23,24). The van der Waals surface area contributed by atoms with Gasteiger partial charge in [0.25, 0.3) is 0 Å². The van der Waals surface area contributed by atoms with Crippen LogP contribution in [-0.4, -0.2) is 24.3 Å². The van der Waals surface area contributed by atoms with Crippen LogP contribution in [0.2, 0.25) is 5.02 Å². The first-order valence-electron chi connectivity index (χ1n) is 8.64. The Bertz CT molecular complexity index is 901. The number of hydrogen-bond acceptors (Lipinski definition) is 5. The SMILES string of the molecule is Clc1cc(C=NNc2nc(-c3ccccc3)cs2)ccc1N1CCCC1. The quantitative estimate of drug-likeness (QED) is 0.467. The van der Waals surface area contributed by atoms with Gasteiger partial charge in [-0.05, 0) is 30.5 Å². The number of aromatic nitrogens is 1. The van der Waals surface area contributed by atoms with Gasteiger partial charge in [-0.1, -0.05) is 48.0 Å². The van der Waals surface area contributed by atoms with E-state index in [0.717, 1.165) is 45.8 Å². The van der Waals surface area contributed by atoms with Gasteiger partial charge in [0.15, 0.2) is 0 Å². The smallest absolute Gasteiger partial charge is 0.203 e. The van der Waals surface area contributed by atoms with E-state index in [0.29, 0.717) is 0 Å². The van der Waals surface area contributed by atoms with Gasteiger partial charge in [-0.3, -0.25) is 5.43 Å². The lowest BCUT2D eigenvalue weighted by atomic mass is 10.2. The maximum Gasteiger partial charge on any atom is 0.203 e. The molecular weight excluding hydrogens is 364 g/mol. The fraction of sp³-hybridized carbons (Fsp3) is 0.200. The van der Waals surface area contributed by atoms with Crippen LogP contribution in [0.3, 0.4) is 0 Å². The average Bonchev–Trinajstić information content (AvgIpc) is 3.35. The summed E-state index contributed by atoms with van der Waals surface area (Å²) in [6, 6.07) is 16.2. The molecule has 0 amide bonds. The first kappa shape index (κ1) is 17.1. The second-order valence-corrected chi connectivity index (χ2v) is 7.44. The predicted molar refractivity (Wildman–Crippen MR) is 112 cm³/mol. The van der Waals surface area contributed by atoms with Crippen molar-refractivity contribution in [2.24, 2.45) is 5.10 Å². The van der Waals surface area contributed by atoms with Crippen molar-refractivity contribution in [2.75, 3.05) is 23.4 Å². The molecule has 0 aliphatic carbocycles. The Labute approximate surface area is 162 Å². The van der Waals surface area contributed by atoms with E-state index in [-0.39, 0.29) is 0 Å². The summed E-state index contributed by atoms with van der Waals surface area (Å²) in [7, 11) is 0. The molecule has 1 N–H and O–H groups in total. The maximum absolute atomic E-state index is 6.44. The van der Waals surface area contributed by atoms with E-state index < -0.39 is 0 Å². The van der Waals surface area contributed by atoms with Crippen LogP contribution in [0.5, 0.6) is 0 Å². The third kappa shape index (κ3) is 3.89. The first-order valence-corrected chi connectivity index (χ1v) is 9.90. The summed E-state index contributed by atoms with van der Waals surface area (Å²) in [5, 5.41) is 7.85. The van der Waals surface area contributed by atoms with Crippen LogP contribution >= 0.6 is 22.9 Å². The Morgan fingerprint density at radius 2 is 1.92 bits per heavy atom. The normalized spacial score (nSPS) is 14.3. The van der Waals surface area contributed by atoms with Gasteiger partial charge >= 0.3 is 0 Å². The van der Waals surface area contributed by atoms with Crippen LogP contribution < -0.4 is 10.3 Å². The number of hydrazone groups is 1. The monoisotopic (exact) mass is 382 g/mol. The molecule has 1 aliphatic rings. The van der Waals surface area contributed by atoms with Gasteiger partial charge in [0.05, 0.1) is 22.6 Å². The Morgan fingerprint density at radius 1 is 1.12 bits per heavy atom. The number of hydrogen-bond donors (Lipinski definition) is 1. The molecule has 4 nitrogen and oxygen atoms in total. The second kappa shape index (κ2) is 7.89. The lowest BCUT2D eigenvalue weighted by molar-refractivity contribution is 0.949. The van der Waals surface area contributed by atoms with Crippen molar-refractivity contribution in [1.29, 1.82) is 0 Å². The van der Waals surface area contributed by atoms with E-state index in [1.165, 1.54) is 24.2 Å². The molecular formula is C20H19ClN4S. The zero-order valence-corrected chi connectivity index (χ0v) is 15.8. The predicted octanol–water partition coefficient (Wildman–Crippen LogP) is 5.51. The van der Waals surface area contributed by atoms with E-state index in [9.17, 15) is 0 Å². The number of benzene rings is 2. The van der Waals surface area contributed by atoms with Crippen LogP contribution in [0.25, 0.3) is 11.3 Å². The fourth-order valence-corrected chi connectivity index (χ4v) is 4.02. The topological polar surface area (TPSA) is 40.5 Å². The van der Waals surface area contributed by atoms with Crippen LogP contribution in [0.15, 0.2) is 59.0 Å². The molecule has 1 aliphatic heterocycles.